The molecule has 2 aromatic heterocycles. The average molecular weight is 680 g/mol. The number of amides is 1. The third-order valence-corrected chi connectivity index (χ3v) is 14.7. The van der Waals surface area contributed by atoms with Crippen molar-refractivity contribution in [2.24, 2.45) is 5.92 Å². The molecule has 1 aliphatic carbocycles. The topological polar surface area (TPSA) is 77.3 Å². The fourth-order valence-corrected chi connectivity index (χ4v) is 9.86. The molecule has 1 saturated carbocycles. The van der Waals surface area contributed by atoms with E-state index in [4.69, 9.17) is 27.6 Å². The SMILES string of the molecule is CC[Si](CC)(CC)OC(CN(Cc1cc(F)cc(F)c1)C(=O)c1cnn([C@H]2CC[C@H](C(C)=O)CC2)c1C)c1c(Cl)cncc1Cl. The van der Waals surface area contributed by atoms with Gasteiger partial charge in [0.25, 0.3) is 5.91 Å². The van der Waals surface area contributed by atoms with Crippen molar-refractivity contribution < 1.29 is 22.8 Å². The van der Waals surface area contributed by atoms with Crippen LogP contribution >= 0.6 is 23.2 Å². The van der Waals surface area contributed by atoms with E-state index in [1.807, 2.05) is 11.6 Å². The van der Waals surface area contributed by atoms with Gasteiger partial charge in [-0.3, -0.25) is 19.3 Å². The van der Waals surface area contributed by atoms with Gasteiger partial charge >= 0.3 is 0 Å². The number of halogens is 4. The third-order valence-electron chi connectivity index (χ3n) is 9.40. The summed E-state index contributed by atoms with van der Waals surface area (Å²) in [5, 5.41) is 5.23. The maximum absolute atomic E-state index is 14.4. The molecule has 0 aliphatic heterocycles. The molecular weight excluding hydrogens is 637 g/mol. The van der Waals surface area contributed by atoms with E-state index >= 15 is 0 Å². The molecule has 0 radical (unpaired) electrons. The monoisotopic (exact) mass is 678 g/mol. The van der Waals surface area contributed by atoms with Crippen LogP contribution in [0.3, 0.4) is 0 Å². The smallest absolute Gasteiger partial charge is 0.257 e. The number of carbonyl (C=O) groups is 2. The van der Waals surface area contributed by atoms with Gasteiger partial charge in [0, 0.05) is 42.2 Å². The first kappa shape index (κ1) is 35.2. The van der Waals surface area contributed by atoms with E-state index in [0.29, 0.717) is 32.4 Å². The van der Waals surface area contributed by atoms with Gasteiger partial charge in [-0.2, -0.15) is 5.10 Å². The third kappa shape index (κ3) is 8.20. The van der Waals surface area contributed by atoms with Crippen molar-refractivity contribution in [2.45, 2.75) is 97.1 Å². The molecule has 0 saturated heterocycles. The molecular formula is C33H42Cl2F2N4O3Si. The lowest BCUT2D eigenvalue weighted by Crippen LogP contribution is -2.42. The highest BCUT2D eigenvalue weighted by Gasteiger charge is 2.36. The molecule has 7 nitrogen and oxygen atoms in total. The Balaban J connectivity index is 1.74. The number of aromatic nitrogens is 3. The Labute approximate surface area is 275 Å². The van der Waals surface area contributed by atoms with Crippen molar-refractivity contribution in [3.8, 4) is 0 Å². The molecule has 0 spiro atoms. The average Bonchev–Trinajstić information content (AvgIpc) is 3.39. The number of pyridine rings is 1. The fourth-order valence-electron chi connectivity index (χ4n) is 6.46. The molecule has 244 valence electrons. The lowest BCUT2D eigenvalue weighted by molar-refractivity contribution is -0.121. The van der Waals surface area contributed by atoms with Gasteiger partial charge in [0.1, 0.15) is 17.4 Å². The summed E-state index contributed by atoms with van der Waals surface area (Å²) < 4.78 is 37.4. The first-order valence-corrected chi connectivity index (χ1v) is 19.0. The van der Waals surface area contributed by atoms with E-state index in [1.54, 1.807) is 13.1 Å². The summed E-state index contributed by atoms with van der Waals surface area (Å²) in [5.41, 5.74) is 1.90. The van der Waals surface area contributed by atoms with Crippen molar-refractivity contribution in [3.63, 3.8) is 0 Å². The summed E-state index contributed by atoms with van der Waals surface area (Å²) in [7, 11) is -2.28. The van der Waals surface area contributed by atoms with Crippen molar-refractivity contribution in [1.29, 1.82) is 0 Å². The Kier molecular flexibility index (Phi) is 12.0. The van der Waals surface area contributed by atoms with Crippen molar-refractivity contribution >= 4 is 43.2 Å². The predicted octanol–water partition coefficient (Wildman–Crippen LogP) is 8.90. The number of benzene rings is 1. The lowest BCUT2D eigenvalue weighted by atomic mass is 9.84. The van der Waals surface area contributed by atoms with Gasteiger partial charge < -0.3 is 9.33 Å². The van der Waals surface area contributed by atoms with Crippen LogP contribution in [-0.4, -0.2) is 46.2 Å². The van der Waals surface area contributed by atoms with Crippen molar-refractivity contribution in [1.82, 2.24) is 19.7 Å². The van der Waals surface area contributed by atoms with Crippen LogP contribution in [0.4, 0.5) is 8.78 Å². The first-order valence-electron chi connectivity index (χ1n) is 15.7. The van der Waals surface area contributed by atoms with Crippen LogP contribution in [0.5, 0.6) is 0 Å². The molecule has 2 heterocycles. The summed E-state index contributed by atoms with van der Waals surface area (Å²) >= 11 is 13.3. The molecule has 1 atom stereocenters. The molecule has 4 rings (SSSR count). The highest BCUT2D eigenvalue weighted by Crippen LogP contribution is 2.38. The molecule has 1 aromatic carbocycles. The Morgan fingerprint density at radius 2 is 1.58 bits per heavy atom. The number of hydrogen-bond donors (Lipinski definition) is 0. The van der Waals surface area contributed by atoms with E-state index < -0.39 is 26.1 Å². The number of rotatable bonds is 13. The lowest BCUT2D eigenvalue weighted by Gasteiger charge is -2.37. The van der Waals surface area contributed by atoms with Crippen LogP contribution in [0.2, 0.25) is 28.2 Å². The summed E-state index contributed by atoms with van der Waals surface area (Å²) in [4.78, 5) is 31.9. The molecule has 0 bridgehead atoms. The summed E-state index contributed by atoms with van der Waals surface area (Å²) in [6.45, 7) is 9.75. The molecule has 1 amide bonds. The molecule has 0 N–H and O–H groups in total. The number of ketones is 1. The zero-order chi connectivity index (χ0) is 32.9. The minimum Gasteiger partial charge on any atom is -0.408 e. The van der Waals surface area contributed by atoms with Gasteiger partial charge in [0.2, 0.25) is 0 Å². The molecule has 12 heteroatoms. The Morgan fingerprint density at radius 3 is 2.11 bits per heavy atom. The Bertz CT molecular complexity index is 1460. The first-order chi connectivity index (χ1) is 21.4. The highest BCUT2D eigenvalue weighted by molar-refractivity contribution is 6.73. The van der Waals surface area contributed by atoms with Crippen LogP contribution in [0.15, 0.2) is 36.8 Å². The Hall–Kier alpha value is -2.66. The van der Waals surface area contributed by atoms with E-state index in [2.05, 4.69) is 30.9 Å². The molecule has 45 heavy (non-hydrogen) atoms. The van der Waals surface area contributed by atoms with Crippen molar-refractivity contribution in [3.05, 3.63) is 80.9 Å². The maximum atomic E-state index is 14.4. The minimum atomic E-state index is -2.28. The minimum absolute atomic E-state index is 0.0313. The van der Waals surface area contributed by atoms with Gasteiger partial charge in [-0.1, -0.05) is 44.0 Å². The van der Waals surface area contributed by atoms with Gasteiger partial charge in [-0.15, -0.1) is 0 Å². The molecule has 1 aliphatic rings. The number of nitrogens with zero attached hydrogens (tertiary/aromatic N) is 4. The quantitative estimate of drug-likeness (QED) is 0.169. The van der Waals surface area contributed by atoms with Crippen molar-refractivity contribution in [2.75, 3.05) is 6.54 Å². The highest BCUT2D eigenvalue weighted by atomic mass is 35.5. The van der Waals surface area contributed by atoms with Gasteiger partial charge in [0.15, 0.2) is 8.32 Å². The maximum Gasteiger partial charge on any atom is 0.257 e. The largest absolute Gasteiger partial charge is 0.408 e. The van der Waals surface area contributed by atoms with Crippen LogP contribution in [0.1, 0.15) is 92.7 Å². The zero-order valence-corrected chi connectivity index (χ0v) is 29.1. The summed E-state index contributed by atoms with van der Waals surface area (Å²) in [6.07, 6.45) is 6.98. The zero-order valence-electron chi connectivity index (χ0n) is 26.6. The molecule has 1 fully saturated rings. The Morgan fingerprint density at radius 1 is 1.00 bits per heavy atom. The number of Topliss-reactive ketones (excluding diaryl/α,β-unsaturated/α-hetero) is 1. The van der Waals surface area contributed by atoms with Gasteiger partial charge in [0.05, 0.1) is 40.5 Å². The molecule has 3 aromatic rings. The van der Waals surface area contributed by atoms with Gasteiger partial charge in [-0.25, -0.2) is 8.78 Å². The van der Waals surface area contributed by atoms with Gasteiger partial charge in [-0.05, 0) is 75.4 Å². The fraction of sp³-hybridized carbons (Fsp3) is 0.515. The van der Waals surface area contributed by atoms with Crippen LogP contribution < -0.4 is 0 Å². The number of hydrogen-bond acceptors (Lipinski definition) is 5. The van der Waals surface area contributed by atoms with Crippen LogP contribution in [0.25, 0.3) is 0 Å². The second-order valence-corrected chi connectivity index (χ2v) is 17.6. The van der Waals surface area contributed by atoms with Crippen LogP contribution in [-0.2, 0) is 15.8 Å². The predicted molar refractivity (Wildman–Crippen MR) is 175 cm³/mol. The summed E-state index contributed by atoms with van der Waals surface area (Å²) in [5.74, 6) is -1.55. The van der Waals surface area contributed by atoms with Crippen LogP contribution in [0, 0.1) is 24.5 Å². The molecule has 1 unspecified atom stereocenters. The number of carbonyl (C=O) groups excluding carboxylic acids is 2. The van der Waals surface area contributed by atoms with E-state index in [-0.39, 0.29) is 36.7 Å². The van der Waals surface area contributed by atoms with E-state index in [0.717, 1.165) is 49.9 Å². The summed E-state index contributed by atoms with van der Waals surface area (Å²) in [6, 6.07) is 5.85. The second kappa shape index (κ2) is 15.3. The van der Waals surface area contributed by atoms with E-state index in [9.17, 15) is 18.4 Å². The van der Waals surface area contributed by atoms with E-state index in [1.165, 1.54) is 29.4 Å². The standard InChI is InChI=1S/C33H42Cl2F2N4O3Si/c1-6-45(7-2,8-3)44-31(32-29(34)17-38-18-30(32)35)20-40(19-23-13-25(36)15-26(37)14-23)33(43)28-16-39-41(21(28)4)27-11-9-24(10-12-27)22(5)42/h13-18,24,27,31H,6-12,19-20H2,1-5H3/t24-,27-,31?. The second-order valence-electron chi connectivity index (χ2n) is 12.0. The normalized spacial score (nSPS) is 17.7.